The first kappa shape index (κ1) is 12.9. The minimum Gasteiger partial charge on any atom is -0.492 e. The standard InChI is InChI=1S/C12H15NO4S/c1-2-17-18(14,15)8-7-16-11-4-3-10-5-6-13-12(10)9-11/h3-6,9,13H,2,7-8H2,1H3. The van der Waals surface area contributed by atoms with Gasteiger partial charge in [-0.1, -0.05) is 0 Å². The fourth-order valence-corrected chi connectivity index (χ4v) is 2.38. The zero-order valence-electron chi connectivity index (χ0n) is 10.0. The van der Waals surface area contributed by atoms with Gasteiger partial charge in [0.2, 0.25) is 0 Å². The van der Waals surface area contributed by atoms with Crippen molar-refractivity contribution >= 4 is 21.0 Å². The van der Waals surface area contributed by atoms with Gasteiger partial charge in [-0.15, -0.1) is 0 Å². The first-order valence-corrected chi connectivity index (χ1v) is 7.25. The predicted octanol–water partition coefficient (Wildman–Crippen LogP) is 1.91. The molecule has 6 heteroatoms. The van der Waals surface area contributed by atoms with E-state index in [4.69, 9.17) is 4.74 Å². The quantitative estimate of drug-likeness (QED) is 0.813. The Bertz CT molecular complexity index is 618. The van der Waals surface area contributed by atoms with Gasteiger partial charge in [0.1, 0.15) is 18.1 Å². The average Bonchev–Trinajstić information content (AvgIpc) is 2.75. The first-order valence-electron chi connectivity index (χ1n) is 5.68. The zero-order chi connectivity index (χ0) is 13.0. The van der Waals surface area contributed by atoms with Crippen LogP contribution in [0.3, 0.4) is 0 Å². The van der Waals surface area contributed by atoms with E-state index in [2.05, 4.69) is 9.17 Å². The largest absolute Gasteiger partial charge is 0.492 e. The van der Waals surface area contributed by atoms with Crippen molar-refractivity contribution in [2.45, 2.75) is 6.92 Å². The van der Waals surface area contributed by atoms with E-state index in [0.29, 0.717) is 5.75 Å². The second-order valence-corrected chi connectivity index (χ2v) is 5.50. The number of ether oxygens (including phenoxy) is 1. The van der Waals surface area contributed by atoms with E-state index >= 15 is 0 Å². The number of nitrogens with one attached hydrogen (secondary N) is 1. The van der Waals surface area contributed by atoms with E-state index in [-0.39, 0.29) is 19.0 Å². The summed E-state index contributed by atoms with van der Waals surface area (Å²) in [4.78, 5) is 3.06. The molecule has 0 radical (unpaired) electrons. The van der Waals surface area contributed by atoms with Gasteiger partial charge in [0, 0.05) is 17.8 Å². The predicted molar refractivity (Wildman–Crippen MR) is 69.2 cm³/mol. The van der Waals surface area contributed by atoms with E-state index in [1.807, 2.05) is 30.5 Å². The van der Waals surface area contributed by atoms with E-state index in [0.717, 1.165) is 10.9 Å². The van der Waals surface area contributed by atoms with Crippen molar-refractivity contribution in [1.29, 1.82) is 0 Å². The summed E-state index contributed by atoms with van der Waals surface area (Å²) in [6.07, 6.45) is 1.84. The zero-order valence-corrected chi connectivity index (χ0v) is 10.9. The molecular weight excluding hydrogens is 254 g/mol. The molecule has 0 saturated carbocycles. The fraction of sp³-hybridized carbons (Fsp3) is 0.333. The lowest BCUT2D eigenvalue weighted by atomic mass is 10.2. The number of aromatic nitrogens is 1. The first-order chi connectivity index (χ1) is 8.61. The monoisotopic (exact) mass is 269 g/mol. The number of fused-ring (bicyclic) bond motifs is 1. The molecule has 1 N–H and O–H groups in total. The van der Waals surface area contributed by atoms with Crippen LogP contribution in [0.5, 0.6) is 5.75 Å². The van der Waals surface area contributed by atoms with Crippen molar-refractivity contribution < 1.29 is 17.3 Å². The van der Waals surface area contributed by atoms with Crippen molar-refractivity contribution in [3.8, 4) is 5.75 Å². The third-order valence-corrected chi connectivity index (χ3v) is 3.69. The number of hydrogen-bond acceptors (Lipinski definition) is 4. The van der Waals surface area contributed by atoms with Crippen LogP contribution >= 0.6 is 0 Å². The Morgan fingerprint density at radius 1 is 1.28 bits per heavy atom. The van der Waals surface area contributed by atoms with Gasteiger partial charge in [-0.05, 0) is 30.5 Å². The van der Waals surface area contributed by atoms with Crippen LogP contribution in [-0.4, -0.2) is 32.4 Å². The van der Waals surface area contributed by atoms with Crippen molar-refractivity contribution in [3.05, 3.63) is 30.5 Å². The number of aromatic amines is 1. The molecule has 98 valence electrons. The van der Waals surface area contributed by atoms with E-state index < -0.39 is 10.1 Å². The van der Waals surface area contributed by atoms with Gasteiger partial charge < -0.3 is 9.72 Å². The van der Waals surface area contributed by atoms with Gasteiger partial charge in [0.15, 0.2) is 0 Å². The minimum absolute atomic E-state index is 0.0779. The van der Waals surface area contributed by atoms with Crippen LogP contribution in [0.15, 0.2) is 30.5 Å². The Labute approximate surface area is 106 Å². The average molecular weight is 269 g/mol. The van der Waals surface area contributed by atoms with Gasteiger partial charge in [-0.25, -0.2) is 0 Å². The minimum atomic E-state index is -3.47. The number of hydrogen-bond donors (Lipinski definition) is 1. The maximum atomic E-state index is 11.3. The van der Waals surface area contributed by atoms with Gasteiger partial charge in [-0.2, -0.15) is 8.42 Å². The van der Waals surface area contributed by atoms with Crippen LogP contribution in [-0.2, 0) is 14.3 Å². The SMILES string of the molecule is CCOS(=O)(=O)CCOc1ccc2cc[nH]c2c1. The van der Waals surface area contributed by atoms with Crippen molar-refractivity contribution in [3.63, 3.8) is 0 Å². The van der Waals surface area contributed by atoms with Crippen LogP contribution in [0.1, 0.15) is 6.92 Å². The highest BCUT2D eigenvalue weighted by atomic mass is 32.2. The molecule has 1 aromatic carbocycles. The molecule has 0 aliphatic heterocycles. The molecule has 2 aromatic rings. The highest BCUT2D eigenvalue weighted by molar-refractivity contribution is 7.86. The Morgan fingerprint density at radius 2 is 2.11 bits per heavy atom. The molecule has 1 heterocycles. The molecule has 5 nitrogen and oxygen atoms in total. The maximum absolute atomic E-state index is 11.3. The van der Waals surface area contributed by atoms with E-state index in [1.165, 1.54) is 0 Å². The summed E-state index contributed by atoms with van der Waals surface area (Å²) >= 11 is 0. The van der Waals surface area contributed by atoms with Gasteiger partial charge in [-0.3, -0.25) is 4.18 Å². The lowest BCUT2D eigenvalue weighted by molar-refractivity contribution is 0.312. The van der Waals surface area contributed by atoms with Crippen LogP contribution in [0.25, 0.3) is 10.9 Å². The smallest absolute Gasteiger partial charge is 0.270 e. The maximum Gasteiger partial charge on any atom is 0.270 e. The number of H-pyrrole nitrogens is 1. The normalized spacial score (nSPS) is 11.8. The number of benzene rings is 1. The number of rotatable bonds is 6. The Balaban J connectivity index is 1.94. The summed E-state index contributed by atoms with van der Waals surface area (Å²) in [7, 11) is -3.47. The van der Waals surface area contributed by atoms with Crippen LogP contribution in [0, 0.1) is 0 Å². The van der Waals surface area contributed by atoms with Crippen molar-refractivity contribution in [2.24, 2.45) is 0 Å². The van der Waals surface area contributed by atoms with Crippen molar-refractivity contribution in [1.82, 2.24) is 4.98 Å². The Hall–Kier alpha value is -1.53. The summed E-state index contributed by atoms with van der Waals surface area (Å²) < 4.78 is 32.6. The molecule has 0 aliphatic carbocycles. The molecule has 2 rings (SSSR count). The molecule has 0 spiro atoms. The third-order valence-electron chi connectivity index (χ3n) is 2.43. The van der Waals surface area contributed by atoms with E-state index in [1.54, 1.807) is 6.92 Å². The lowest BCUT2D eigenvalue weighted by Crippen LogP contribution is -2.16. The second-order valence-electron chi connectivity index (χ2n) is 3.74. The third kappa shape index (κ3) is 3.24. The highest BCUT2D eigenvalue weighted by Gasteiger charge is 2.10. The summed E-state index contributed by atoms with van der Waals surface area (Å²) in [5.41, 5.74) is 0.958. The summed E-state index contributed by atoms with van der Waals surface area (Å²) in [6.45, 7) is 1.86. The lowest BCUT2D eigenvalue weighted by Gasteiger charge is -2.06. The van der Waals surface area contributed by atoms with Gasteiger partial charge >= 0.3 is 0 Å². The van der Waals surface area contributed by atoms with Gasteiger partial charge in [0.25, 0.3) is 10.1 Å². The van der Waals surface area contributed by atoms with Gasteiger partial charge in [0.05, 0.1) is 6.61 Å². The molecule has 0 amide bonds. The van der Waals surface area contributed by atoms with E-state index in [9.17, 15) is 8.42 Å². The van der Waals surface area contributed by atoms with Crippen LogP contribution in [0.2, 0.25) is 0 Å². The molecule has 18 heavy (non-hydrogen) atoms. The van der Waals surface area contributed by atoms with Crippen LogP contribution in [0.4, 0.5) is 0 Å². The molecule has 0 saturated heterocycles. The summed E-state index contributed by atoms with van der Waals surface area (Å²) in [5, 5.41) is 1.09. The van der Waals surface area contributed by atoms with Crippen molar-refractivity contribution in [2.75, 3.05) is 19.0 Å². The molecule has 0 atom stereocenters. The molecule has 0 bridgehead atoms. The summed E-state index contributed by atoms with van der Waals surface area (Å²) in [6, 6.07) is 7.52. The summed E-state index contributed by atoms with van der Waals surface area (Å²) in [5.74, 6) is 0.487. The molecular formula is C12H15NO4S. The fourth-order valence-electron chi connectivity index (χ4n) is 1.62. The molecule has 0 fully saturated rings. The van der Waals surface area contributed by atoms with Crippen LogP contribution < -0.4 is 4.74 Å². The molecule has 1 aromatic heterocycles. The Morgan fingerprint density at radius 3 is 2.89 bits per heavy atom. The topological polar surface area (TPSA) is 68.4 Å². The molecule has 0 aliphatic rings. The second kappa shape index (κ2) is 5.41. The Kier molecular flexibility index (Phi) is 3.88. The molecule has 0 unspecified atom stereocenters. The highest BCUT2D eigenvalue weighted by Crippen LogP contribution is 2.19.